The second kappa shape index (κ2) is 8.04. The van der Waals surface area contributed by atoms with Gasteiger partial charge >= 0.3 is 0 Å². The van der Waals surface area contributed by atoms with Crippen molar-refractivity contribution in [3.8, 4) is 11.5 Å². The molecule has 0 aromatic heterocycles. The Hall–Kier alpha value is -3.80. The fourth-order valence-corrected chi connectivity index (χ4v) is 4.74. The predicted molar refractivity (Wildman–Crippen MR) is 123 cm³/mol. The van der Waals surface area contributed by atoms with Crippen LogP contribution < -0.4 is 15.0 Å². The van der Waals surface area contributed by atoms with E-state index in [0.717, 1.165) is 29.5 Å². The summed E-state index contributed by atoms with van der Waals surface area (Å²) in [4.78, 5) is 27.6. The molecule has 3 aromatic rings. The molecule has 2 aliphatic heterocycles. The van der Waals surface area contributed by atoms with Crippen LogP contribution in [0.4, 0.5) is 11.4 Å². The third kappa shape index (κ3) is 3.28. The zero-order valence-corrected chi connectivity index (χ0v) is 17.8. The van der Waals surface area contributed by atoms with Crippen LogP contribution in [0.2, 0.25) is 0 Å². The Kier molecular flexibility index (Phi) is 5.05. The first-order valence-corrected chi connectivity index (χ1v) is 10.8. The van der Waals surface area contributed by atoms with Crippen LogP contribution in [-0.2, 0) is 11.3 Å². The van der Waals surface area contributed by atoms with Gasteiger partial charge in [-0.2, -0.15) is 0 Å². The smallest absolute Gasteiger partial charge is 0.299 e. The lowest BCUT2D eigenvalue weighted by atomic mass is 9.85. The molecule has 0 aliphatic carbocycles. The molecule has 2 aliphatic rings. The summed E-state index contributed by atoms with van der Waals surface area (Å²) in [5, 5.41) is 14.0. The van der Waals surface area contributed by atoms with Gasteiger partial charge in [0.25, 0.3) is 11.7 Å². The van der Waals surface area contributed by atoms with Crippen molar-refractivity contribution in [2.24, 2.45) is 0 Å². The number of Topliss-reactive ketones (excluding diaryl/α,β-unsaturated/α-hetero) is 1. The molecule has 32 heavy (non-hydrogen) atoms. The van der Waals surface area contributed by atoms with E-state index in [1.54, 1.807) is 24.1 Å². The monoisotopic (exact) mass is 428 g/mol. The van der Waals surface area contributed by atoms with E-state index >= 15 is 0 Å². The summed E-state index contributed by atoms with van der Waals surface area (Å²) in [5.41, 5.74) is 4.38. The number of ketones is 1. The molecular weight excluding hydrogens is 404 g/mol. The van der Waals surface area contributed by atoms with Gasteiger partial charge in [0.05, 0.1) is 30.6 Å². The lowest BCUT2D eigenvalue weighted by Crippen LogP contribution is -2.29. The minimum absolute atomic E-state index is 0.119. The number of hydrogen-bond donors (Lipinski definition) is 2. The van der Waals surface area contributed by atoms with E-state index in [-0.39, 0.29) is 11.7 Å². The highest BCUT2D eigenvalue weighted by atomic mass is 16.5. The second-order valence-electron chi connectivity index (χ2n) is 8.18. The van der Waals surface area contributed by atoms with Crippen molar-refractivity contribution in [1.29, 1.82) is 0 Å². The van der Waals surface area contributed by atoms with E-state index < -0.39 is 11.7 Å². The highest BCUT2D eigenvalue weighted by Crippen LogP contribution is 2.46. The molecule has 3 aromatic carbocycles. The maximum atomic E-state index is 13.1. The van der Waals surface area contributed by atoms with Crippen LogP contribution in [-0.4, -0.2) is 30.5 Å². The lowest BCUT2D eigenvalue weighted by Gasteiger charge is -2.22. The van der Waals surface area contributed by atoms with E-state index in [4.69, 9.17) is 4.74 Å². The number of hydrogen-bond acceptors (Lipinski definition) is 5. The highest BCUT2D eigenvalue weighted by molar-refractivity contribution is 6.53. The predicted octanol–water partition coefficient (Wildman–Crippen LogP) is 4.47. The Morgan fingerprint density at radius 3 is 2.66 bits per heavy atom. The van der Waals surface area contributed by atoms with Crippen molar-refractivity contribution in [2.75, 3.05) is 23.9 Å². The zero-order valence-electron chi connectivity index (χ0n) is 17.8. The summed E-state index contributed by atoms with van der Waals surface area (Å²) in [5.74, 6) is -0.262. The number of anilines is 2. The summed E-state index contributed by atoms with van der Waals surface area (Å²) < 4.78 is 5.36. The van der Waals surface area contributed by atoms with E-state index in [1.165, 1.54) is 0 Å². The van der Waals surface area contributed by atoms with Gasteiger partial charge in [-0.3, -0.25) is 9.59 Å². The Morgan fingerprint density at radius 1 is 1.06 bits per heavy atom. The average Bonchev–Trinajstić information content (AvgIpc) is 2.96. The first-order valence-electron chi connectivity index (χ1n) is 10.8. The third-order valence-electron chi connectivity index (χ3n) is 6.31. The van der Waals surface area contributed by atoms with Crippen molar-refractivity contribution < 1.29 is 19.4 Å². The van der Waals surface area contributed by atoms with Crippen molar-refractivity contribution in [3.05, 3.63) is 82.9 Å². The third-order valence-corrected chi connectivity index (χ3v) is 6.31. The lowest BCUT2D eigenvalue weighted by molar-refractivity contribution is -0.114. The maximum absolute atomic E-state index is 13.1. The number of nitrogens with one attached hydrogen (secondary N) is 1. The molecule has 0 saturated carbocycles. The maximum Gasteiger partial charge on any atom is 0.299 e. The molecule has 2 N–H and O–H groups in total. The topological polar surface area (TPSA) is 78.9 Å². The molecule has 1 atom stereocenters. The molecule has 0 bridgehead atoms. The average molecular weight is 428 g/mol. The van der Waals surface area contributed by atoms with Gasteiger partial charge in [-0.05, 0) is 48.2 Å². The Balaban J connectivity index is 1.61. The number of rotatable bonds is 4. The van der Waals surface area contributed by atoms with E-state index in [2.05, 4.69) is 5.32 Å². The van der Waals surface area contributed by atoms with Gasteiger partial charge in [0, 0.05) is 18.0 Å². The molecule has 6 heteroatoms. The number of methoxy groups -OCH3 is 1. The van der Waals surface area contributed by atoms with Gasteiger partial charge in [0.1, 0.15) is 11.5 Å². The van der Waals surface area contributed by atoms with Crippen molar-refractivity contribution >= 4 is 23.1 Å². The second-order valence-corrected chi connectivity index (χ2v) is 8.18. The van der Waals surface area contributed by atoms with Gasteiger partial charge in [0.2, 0.25) is 0 Å². The largest absolute Gasteiger partial charge is 0.508 e. The standard InChI is InChI=1S/C26H24N2O4/c1-32-17-9-12-22(29)20(14-17)18-8-5-13-27-24-19(18)10-11-21-23(24)25(30)26(31)28(21)15-16-6-3-2-4-7-16/h2-4,6-7,9-12,14,18,27,29H,5,8,13,15H2,1H3/t18-/m0/s1. The first kappa shape index (κ1) is 20.1. The normalized spacial score (nSPS) is 17.4. The van der Waals surface area contributed by atoms with E-state index in [0.29, 0.717) is 35.8 Å². The minimum Gasteiger partial charge on any atom is -0.508 e. The zero-order chi connectivity index (χ0) is 22.2. The van der Waals surface area contributed by atoms with Crippen LogP contribution in [0, 0.1) is 0 Å². The Labute approximate surface area is 186 Å². The summed E-state index contributed by atoms with van der Waals surface area (Å²) in [6.07, 6.45) is 1.66. The molecule has 0 spiro atoms. The molecule has 162 valence electrons. The van der Waals surface area contributed by atoms with Gasteiger partial charge in [0.15, 0.2) is 0 Å². The van der Waals surface area contributed by atoms with Crippen LogP contribution in [0.5, 0.6) is 11.5 Å². The van der Waals surface area contributed by atoms with Crippen molar-refractivity contribution in [2.45, 2.75) is 25.3 Å². The summed E-state index contributed by atoms with van der Waals surface area (Å²) >= 11 is 0. The summed E-state index contributed by atoms with van der Waals surface area (Å²) in [6, 6.07) is 18.7. The number of phenolic OH excluding ortho intramolecular Hbond substituents is 1. The SMILES string of the molecule is COc1ccc(O)c([C@H]2CCCNc3c2ccc2c3C(=O)C(=O)N2Cc2ccccc2)c1. The number of phenols is 1. The van der Waals surface area contributed by atoms with E-state index in [9.17, 15) is 14.7 Å². The minimum atomic E-state index is -0.510. The molecule has 2 heterocycles. The number of amides is 1. The van der Waals surface area contributed by atoms with E-state index in [1.807, 2.05) is 48.5 Å². The van der Waals surface area contributed by atoms with Gasteiger partial charge in [-0.1, -0.05) is 36.4 Å². The number of ether oxygens (including phenoxy) is 1. The van der Waals surface area contributed by atoms with Gasteiger partial charge in [-0.15, -0.1) is 0 Å². The quantitative estimate of drug-likeness (QED) is 0.600. The van der Waals surface area contributed by atoms with Crippen molar-refractivity contribution in [1.82, 2.24) is 0 Å². The number of benzene rings is 3. The molecule has 6 nitrogen and oxygen atoms in total. The summed E-state index contributed by atoms with van der Waals surface area (Å²) in [6.45, 7) is 1.03. The number of nitrogens with zero attached hydrogens (tertiary/aromatic N) is 1. The fraction of sp³-hybridized carbons (Fsp3) is 0.231. The Bertz CT molecular complexity index is 1210. The molecule has 0 fully saturated rings. The van der Waals surface area contributed by atoms with Crippen LogP contribution in [0.25, 0.3) is 0 Å². The van der Waals surface area contributed by atoms with Crippen LogP contribution >= 0.6 is 0 Å². The number of aromatic hydroxyl groups is 1. The van der Waals surface area contributed by atoms with Crippen molar-refractivity contribution in [3.63, 3.8) is 0 Å². The molecule has 0 radical (unpaired) electrons. The van der Waals surface area contributed by atoms with Crippen LogP contribution in [0.3, 0.4) is 0 Å². The fourth-order valence-electron chi connectivity index (χ4n) is 4.74. The molecule has 0 saturated heterocycles. The number of carbonyl (C=O) groups excluding carboxylic acids is 2. The highest BCUT2D eigenvalue weighted by Gasteiger charge is 2.40. The van der Waals surface area contributed by atoms with Gasteiger partial charge < -0.3 is 20.1 Å². The molecule has 1 amide bonds. The molecule has 5 rings (SSSR count). The van der Waals surface area contributed by atoms with Crippen LogP contribution in [0.1, 0.15) is 45.8 Å². The van der Waals surface area contributed by atoms with Crippen LogP contribution in [0.15, 0.2) is 60.7 Å². The van der Waals surface area contributed by atoms with Gasteiger partial charge in [-0.25, -0.2) is 0 Å². The number of fused-ring (bicyclic) bond motifs is 3. The summed E-state index contributed by atoms with van der Waals surface area (Å²) in [7, 11) is 1.59. The molecule has 0 unspecified atom stereocenters. The molecular formula is C26H24N2O4. The number of carbonyl (C=O) groups is 2. The Morgan fingerprint density at radius 2 is 1.88 bits per heavy atom. The first-order chi connectivity index (χ1) is 15.6.